The van der Waals surface area contributed by atoms with Gasteiger partial charge in [0.05, 0.1) is 15.7 Å². The molecule has 98 valence electrons. The molecule has 0 atom stereocenters. The Bertz CT molecular complexity index is 624. The Morgan fingerprint density at radius 3 is 2.26 bits per heavy atom. The quantitative estimate of drug-likeness (QED) is 0.775. The fourth-order valence-electron chi connectivity index (χ4n) is 1.58. The third kappa shape index (κ3) is 3.31. The van der Waals surface area contributed by atoms with Gasteiger partial charge in [-0.15, -0.1) is 0 Å². The minimum absolute atomic E-state index is 0.244. The Morgan fingerprint density at radius 1 is 1.05 bits per heavy atom. The third-order valence-electron chi connectivity index (χ3n) is 2.47. The van der Waals surface area contributed by atoms with E-state index in [2.05, 4.69) is 5.32 Å². The summed E-state index contributed by atoms with van der Waals surface area (Å²) >= 11 is 23.1. The number of para-hydroxylation sites is 1. The molecule has 2 aromatic carbocycles. The van der Waals surface area contributed by atoms with Gasteiger partial charge in [-0.1, -0.05) is 53.1 Å². The van der Waals surface area contributed by atoms with Gasteiger partial charge in [0, 0.05) is 16.3 Å². The van der Waals surface area contributed by atoms with Crippen LogP contribution in [0.15, 0.2) is 36.4 Å². The Hall–Kier alpha value is -1.00. The molecule has 0 saturated carbocycles. The molecule has 19 heavy (non-hydrogen) atoms. The number of halogens is 3. The van der Waals surface area contributed by atoms with E-state index < -0.39 is 0 Å². The van der Waals surface area contributed by atoms with Crippen molar-refractivity contribution in [1.29, 1.82) is 0 Å². The number of thiocarbonyl (C=S) groups is 1. The lowest BCUT2D eigenvalue weighted by molar-refractivity contribution is 1.52. The molecule has 6 heteroatoms. The Balaban J connectivity index is 2.47. The van der Waals surface area contributed by atoms with Gasteiger partial charge in [0.15, 0.2) is 0 Å². The number of hydrogen-bond donors (Lipinski definition) is 2. The lowest BCUT2D eigenvalue weighted by Gasteiger charge is -2.14. The molecule has 0 aliphatic heterocycles. The number of nitrogens with two attached hydrogens (primary N) is 1. The van der Waals surface area contributed by atoms with E-state index in [4.69, 9.17) is 52.8 Å². The predicted molar refractivity (Wildman–Crippen MR) is 87.1 cm³/mol. The first kappa shape index (κ1) is 14.4. The summed E-state index contributed by atoms with van der Waals surface area (Å²) in [5, 5.41) is 4.70. The van der Waals surface area contributed by atoms with Gasteiger partial charge in [-0.2, -0.15) is 0 Å². The van der Waals surface area contributed by atoms with E-state index in [1.54, 1.807) is 36.4 Å². The van der Waals surface area contributed by atoms with Crippen molar-refractivity contribution in [3.63, 3.8) is 0 Å². The highest BCUT2D eigenvalue weighted by Gasteiger charge is 2.10. The molecule has 0 unspecified atom stereocenters. The van der Waals surface area contributed by atoms with Crippen molar-refractivity contribution in [2.45, 2.75) is 0 Å². The first-order valence-corrected chi connectivity index (χ1v) is 6.83. The smallest absolute Gasteiger partial charge is 0.106 e. The molecule has 2 rings (SSSR count). The number of benzene rings is 2. The van der Waals surface area contributed by atoms with Gasteiger partial charge in [-0.05, 0) is 30.3 Å². The maximum atomic E-state index is 6.11. The van der Waals surface area contributed by atoms with E-state index in [9.17, 15) is 0 Å². The number of rotatable bonds is 3. The minimum atomic E-state index is 0.244. The zero-order chi connectivity index (χ0) is 14.0. The molecule has 2 nitrogen and oxygen atoms in total. The van der Waals surface area contributed by atoms with Crippen molar-refractivity contribution in [3.8, 4) is 0 Å². The Morgan fingerprint density at radius 2 is 1.68 bits per heavy atom. The standard InChI is InChI=1S/C13H9Cl3N2S/c14-7-4-5-11(8(6-7)13(17)19)18-12-9(15)2-1-3-10(12)16/h1-6,18H,(H2,17,19). The predicted octanol–water partition coefficient (Wildman–Crippen LogP) is 5.02. The molecule has 0 fully saturated rings. The zero-order valence-corrected chi connectivity index (χ0v) is 12.7. The molecular formula is C13H9Cl3N2S. The highest BCUT2D eigenvalue weighted by molar-refractivity contribution is 7.80. The van der Waals surface area contributed by atoms with Crippen LogP contribution in [0.3, 0.4) is 0 Å². The molecule has 0 spiro atoms. The third-order valence-corrected chi connectivity index (χ3v) is 3.55. The van der Waals surface area contributed by atoms with Crippen molar-refractivity contribution < 1.29 is 0 Å². The summed E-state index contributed by atoms with van der Waals surface area (Å²) in [5.41, 5.74) is 7.62. The van der Waals surface area contributed by atoms with Crippen molar-refractivity contribution in [2.24, 2.45) is 5.73 Å². The maximum Gasteiger partial charge on any atom is 0.106 e. The van der Waals surface area contributed by atoms with E-state index in [0.717, 1.165) is 0 Å². The van der Waals surface area contributed by atoms with E-state index in [-0.39, 0.29) is 4.99 Å². The first-order valence-electron chi connectivity index (χ1n) is 5.29. The van der Waals surface area contributed by atoms with Crippen LogP contribution in [0.4, 0.5) is 11.4 Å². The van der Waals surface area contributed by atoms with Crippen LogP contribution in [0.2, 0.25) is 15.1 Å². The normalized spacial score (nSPS) is 10.3. The van der Waals surface area contributed by atoms with Gasteiger partial charge in [0.25, 0.3) is 0 Å². The fraction of sp³-hybridized carbons (Fsp3) is 0. The average molecular weight is 332 g/mol. The summed E-state index contributed by atoms with van der Waals surface area (Å²) in [7, 11) is 0. The van der Waals surface area contributed by atoms with Gasteiger partial charge in [-0.3, -0.25) is 0 Å². The average Bonchev–Trinajstić information content (AvgIpc) is 2.35. The van der Waals surface area contributed by atoms with E-state index >= 15 is 0 Å². The van der Waals surface area contributed by atoms with E-state index in [1.807, 2.05) is 0 Å². The minimum Gasteiger partial charge on any atom is -0.389 e. The highest BCUT2D eigenvalue weighted by atomic mass is 35.5. The van der Waals surface area contributed by atoms with Gasteiger partial charge < -0.3 is 11.1 Å². The van der Waals surface area contributed by atoms with Crippen LogP contribution in [0.25, 0.3) is 0 Å². The fourth-order valence-corrected chi connectivity index (χ4v) is 2.41. The first-order chi connectivity index (χ1) is 8.99. The molecule has 0 amide bonds. The van der Waals surface area contributed by atoms with E-state index in [1.165, 1.54) is 0 Å². The van der Waals surface area contributed by atoms with Gasteiger partial charge in [0.1, 0.15) is 4.99 Å². The lowest BCUT2D eigenvalue weighted by Crippen LogP contribution is -2.12. The summed E-state index contributed by atoms with van der Waals surface area (Å²) in [6, 6.07) is 10.5. The molecule has 0 saturated heterocycles. The van der Waals surface area contributed by atoms with Crippen LogP contribution >= 0.6 is 47.0 Å². The van der Waals surface area contributed by atoms with Gasteiger partial charge >= 0.3 is 0 Å². The molecule has 3 N–H and O–H groups in total. The summed E-state index contributed by atoms with van der Waals surface area (Å²) in [5.74, 6) is 0. The molecule has 0 bridgehead atoms. The van der Waals surface area contributed by atoms with Crippen LogP contribution < -0.4 is 11.1 Å². The second-order valence-electron chi connectivity index (χ2n) is 3.78. The Labute approximate surface area is 131 Å². The monoisotopic (exact) mass is 330 g/mol. The van der Waals surface area contributed by atoms with Crippen molar-refractivity contribution >= 4 is 63.4 Å². The van der Waals surface area contributed by atoms with E-state index in [0.29, 0.717) is 32.0 Å². The topological polar surface area (TPSA) is 38.0 Å². The maximum absolute atomic E-state index is 6.11. The number of anilines is 2. The number of hydrogen-bond acceptors (Lipinski definition) is 2. The number of nitrogens with one attached hydrogen (secondary N) is 1. The van der Waals surface area contributed by atoms with Crippen LogP contribution in [0, 0.1) is 0 Å². The SMILES string of the molecule is NC(=S)c1cc(Cl)ccc1Nc1c(Cl)cccc1Cl. The van der Waals surface area contributed by atoms with Crippen molar-refractivity contribution in [3.05, 3.63) is 57.0 Å². The summed E-state index contributed by atoms with van der Waals surface area (Å²) in [6.07, 6.45) is 0. The van der Waals surface area contributed by atoms with Crippen molar-refractivity contribution in [1.82, 2.24) is 0 Å². The molecular weight excluding hydrogens is 323 g/mol. The summed E-state index contributed by atoms with van der Waals surface area (Å²) < 4.78 is 0. The molecule has 0 aromatic heterocycles. The van der Waals surface area contributed by atoms with Crippen molar-refractivity contribution in [2.75, 3.05) is 5.32 Å². The largest absolute Gasteiger partial charge is 0.389 e. The molecule has 0 aliphatic carbocycles. The van der Waals surface area contributed by atoms with Crippen LogP contribution in [-0.2, 0) is 0 Å². The van der Waals surface area contributed by atoms with Gasteiger partial charge in [-0.25, -0.2) is 0 Å². The Kier molecular flexibility index (Phi) is 4.53. The molecule has 0 aliphatic rings. The lowest BCUT2D eigenvalue weighted by atomic mass is 10.1. The van der Waals surface area contributed by atoms with Crippen LogP contribution in [0.5, 0.6) is 0 Å². The second-order valence-corrected chi connectivity index (χ2v) is 5.47. The van der Waals surface area contributed by atoms with Gasteiger partial charge in [0.2, 0.25) is 0 Å². The highest BCUT2D eigenvalue weighted by Crippen LogP contribution is 2.34. The molecule has 0 heterocycles. The van der Waals surface area contributed by atoms with Crippen LogP contribution in [-0.4, -0.2) is 4.99 Å². The molecule has 0 radical (unpaired) electrons. The summed E-state index contributed by atoms with van der Waals surface area (Å²) in [6.45, 7) is 0. The van der Waals surface area contributed by atoms with Crippen LogP contribution in [0.1, 0.15) is 5.56 Å². The summed E-state index contributed by atoms with van der Waals surface area (Å²) in [4.78, 5) is 0.244. The molecule has 2 aromatic rings. The second kappa shape index (κ2) is 5.97. The zero-order valence-electron chi connectivity index (χ0n) is 9.58.